The van der Waals surface area contributed by atoms with Crippen LogP contribution in [0.4, 0.5) is 0 Å². The smallest absolute Gasteiger partial charge is 0.227 e. The average molecular weight is 331 g/mol. The predicted molar refractivity (Wildman–Crippen MR) is 87.1 cm³/mol. The van der Waals surface area contributed by atoms with Crippen LogP contribution in [0.1, 0.15) is 50.8 Å². The summed E-state index contributed by atoms with van der Waals surface area (Å²) in [5.74, 6) is 1.63. The van der Waals surface area contributed by atoms with E-state index in [4.69, 9.17) is 0 Å². The molecule has 1 aliphatic carbocycles. The fourth-order valence-corrected chi connectivity index (χ4v) is 4.08. The first-order valence-corrected chi connectivity index (χ1v) is 9.13. The monoisotopic (exact) mass is 331 g/mol. The molecule has 0 bridgehead atoms. The van der Waals surface area contributed by atoms with Crippen molar-refractivity contribution < 1.29 is 9.59 Å². The standard InChI is InChI=1S/C17H25N5O2/c1-2-20-11-18-19-16(20)12-5-7-21(8-6-12)17(24)13-9-15(23)22(10-13)14-3-4-14/h11-14H,2-10H2,1H3. The molecule has 1 aromatic rings. The third kappa shape index (κ3) is 2.80. The maximum atomic E-state index is 12.8. The minimum Gasteiger partial charge on any atom is -0.342 e. The molecule has 0 spiro atoms. The molecule has 4 rings (SSSR count). The maximum absolute atomic E-state index is 12.8. The summed E-state index contributed by atoms with van der Waals surface area (Å²) < 4.78 is 2.09. The summed E-state index contributed by atoms with van der Waals surface area (Å²) in [5, 5.41) is 8.28. The number of carbonyl (C=O) groups is 2. The average Bonchev–Trinajstić information content (AvgIpc) is 3.20. The van der Waals surface area contributed by atoms with Gasteiger partial charge >= 0.3 is 0 Å². The Morgan fingerprint density at radius 3 is 2.67 bits per heavy atom. The van der Waals surface area contributed by atoms with Gasteiger partial charge in [-0.25, -0.2) is 0 Å². The Bertz CT molecular complexity index is 631. The lowest BCUT2D eigenvalue weighted by molar-refractivity contribution is -0.136. The number of nitrogens with zero attached hydrogens (tertiary/aromatic N) is 5. The van der Waals surface area contributed by atoms with E-state index in [0.717, 1.165) is 51.1 Å². The van der Waals surface area contributed by atoms with Gasteiger partial charge in [0.15, 0.2) is 0 Å². The molecule has 7 nitrogen and oxygen atoms in total. The van der Waals surface area contributed by atoms with Crippen molar-refractivity contribution in [2.45, 2.75) is 57.5 Å². The number of hydrogen-bond acceptors (Lipinski definition) is 4. The van der Waals surface area contributed by atoms with Crippen molar-refractivity contribution in [1.82, 2.24) is 24.6 Å². The largest absolute Gasteiger partial charge is 0.342 e. The third-order valence-electron chi connectivity index (χ3n) is 5.65. The van der Waals surface area contributed by atoms with Crippen molar-refractivity contribution in [2.75, 3.05) is 19.6 Å². The molecule has 130 valence electrons. The molecule has 1 atom stereocenters. The van der Waals surface area contributed by atoms with E-state index in [1.54, 1.807) is 6.33 Å². The molecule has 2 amide bonds. The topological polar surface area (TPSA) is 71.3 Å². The summed E-state index contributed by atoms with van der Waals surface area (Å²) in [5.41, 5.74) is 0. The van der Waals surface area contributed by atoms with Gasteiger partial charge in [-0.15, -0.1) is 10.2 Å². The van der Waals surface area contributed by atoms with Gasteiger partial charge in [0.05, 0.1) is 5.92 Å². The zero-order valence-corrected chi connectivity index (χ0v) is 14.2. The third-order valence-corrected chi connectivity index (χ3v) is 5.65. The van der Waals surface area contributed by atoms with Crippen LogP contribution in [-0.2, 0) is 16.1 Å². The van der Waals surface area contributed by atoms with Crippen molar-refractivity contribution >= 4 is 11.8 Å². The van der Waals surface area contributed by atoms with Crippen LogP contribution in [-0.4, -0.2) is 62.1 Å². The van der Waals surface area contributed by atoms with E-state index >= 15 is 0 Å². The van der Waals surface area contributed by atoms with Crippen LogP contribution < -0.4 is 0 Å². The highest BCUT2D eigenvalue weighted by atomic mass is 16.2. The fraction of sp³-hybridized carbons (Fsp3) is 0.765. The molecule has 24 heavy (non-hydrogen) atoms. The SMILES string of the molecule is CCn1cnnc1C1CCN(C(=O)C2CC(=O)N(C3CC3)C2)CC1. The van der Waals surface area contributed by atoms with Crippen LogP contribution in [0.5, 0.6) is 0 Å². The molecule has 2 saturated heterocycles. The van der Waals surface area contributed by atoms with Gasteiger partial charge in [-0.1, -0.05) is 0 Å². The molecule has 7 heteroatoms. The van der Waals surface area contributed by atoms with Gasteiger partial charge in [-0.05, 0) is 32.6 Å². The van der Waals surface area contributed by atoms with Crippen molar-refractivity contribution in [2.24, 2.45) is 5.92 Å². The molecule has 3 aliphatic rings. The highest BCUT2D eigenvalue weighted by Crippen LogP contribution is 2.34. The van der Waals surface area contributed by atoms with Gasteiger partial charge in [-0.3, -0.25) is 9.59 Å². The lowest BCUT2D eigenvalue weighted by Crippen LogP contribution is -2.42. The van der Waals surface area contributed by atoms with Gasteiger partial charge < -0.3 is 14.4 Å². The first-order valence-electron chi connectivity index (χ1n) is 9.13. The van der Waals surface area contributed by atoms with E-state index in [-0.39, 0.29) is 17.7 Å². The molecule has 1 saturated carbocycles. The number of hydrogen-bond donors (Lipinski definition) is 0. The van der Waals surface area contributed by atoms with Crippen molar-refractivity contribution in [3.8, 4) is 0 Å². The normalized spacial score (nSPS) is 25.5. The molecule has 3 heterocycles. The molecule has 3 fully saturated rings. The Morgan fingerprint density at radius 2 is 2.00 bits per heavy atom. The minimum atomic E-state index is -0.131. The lowest BCUT2D eigenvalue weighted by Gasteiger charge is -2.33. The molecule has 0 N–H and O–H groups in total. The van der Waals surface area contributed by atoms with Gasteiger partial charge in [0, 0.05) is 44.6 Å². The number of likely N-dealkylation sites (tertiary alicyclic amines) is 2. The Balaban J connectivity index is 1.34. The molecule has 1 aromatic heterocycles. The Kier molecular flexibility index (Phi) is 4.02. The quantitative estimate of drug-likeness (QED) is 0.826. The number of aromatic nitrogens is 3. The summed E-state index contributed by atoms with van der Waals surface area (Å²) in [6, 6.07) is 0.418. The van der Waals surface area contributed by atoms with Crippen molar-refractivity contribution in [1.29, 1.82) is 0 Å². The summed E-state index contributed by atoms with van der Waals surface area (Å²) in [6.07, 6.45) is 6.25. The van der Waals surface area contributed by atoms with Crippen molar-refractivity contribution in [3.63, 3.8) is 0 Å². The highest BCUT2D eigenvalue weighted by Gasteiger charge is 2.43. The fourth-order valence-electron chi connectivity index (χ4n) is 4.08. The molecular formula is C17H25N5O2. The highest BCUT2D eigenvalue weighted by molar-refractivity contribution is 5.89. The number of carbonyl (C=O) groups excluding carboxylic acids is 2. The maximum Gasteiger partial charge on any atom is 0.227 e. The number of rotatable bonds is 4. The van der Waals surface area contributed by atoms with E-state index in [9.17, 15) is 9.59 Å². The number of piperidine rings is 1. The summed E-state index contributed by atoms with van der Waals surface area (Å²) >= 11 is 0. The zero-order chi connectivity index (χ0) is 16.7. The first-order chi connectivity index (χ1) is 11.7. The Hall–Kier alpha value is -1.92. The second-order valence-corrected chi connectivity index (χ2v) is 7.25. The molecule has 0 aromatic carbocycles. The van der Waals surface area contributed by atoms with Crippen LogP contribution in [0.25, 0.3) is 0 Å². The molecule has 0 radical (unpaired) electrons. The summed E-state index contributed by atoms with van der Waals surface area (Å²) in [6.45, 7) is 5.12. The van der Waals surface area contributed by atoms with Gasteiger partial charge in [0.2, 0.25) is 11.8 Å². The van der Waals surface area contributed by atoms with E-state index < -0.39 is 0 Å². The van der Waals surface area contributed by atoms with Crippen LogP contribution in [0.2, 0.25) is 0 Å². The molecule has 1 unspecified atom stereocenters. The van der Waals surface area contributed by atoms with E-state index in [1.807, 2.05) is 9.80 Å². The molecule has 2 aliphatic heterocycles. The zero-order valence-electron chi connectivity index (χ0n) is 14.2. The minimum absolute atomic E-state index is 0.131. The number of aryl methyl sites for hydroxylation is 1. The first kappa shape index (κ1) is 15.6. The Labute approximate surface area is 142 Å². The Morgan fingerprint density at radius 1 is 1.25 bits per heavy atom. The van der Waals surface area contributed by atoms with Crippen LogP contribution in [0.15, 0.2) is 6.33 Å². The lowest BCUT2D eigenvalue weighted by atomic mass is 9.94. The van der Waals surface area contributed by atoms with E-state index in [1.165, 1.54) is 0 Å². The van der Waals surface area contributed by atoms with Crippen LogP contribution >= 0.6 is 0 Å². The summed E-state index contributed by atoms with van der Waals surface area (Å²) in [4.78, 5) is 28.7. The van der Waals surface area contributed by atoms with Crippen LogP contribution in [0, 0.1) is 5.92 Å². The second-order valence-electron chi connectivity index (χ2n) is 7.25. The predicted octanol–water partition coefficient (Wildman–Crippen LogP) is 1.01. The van der Waals surface area contributed by atoms with Gasteiger partial charge in [0.25, 0.3) is 0 Å². The summed E-state index contributed by atoms with van der Waals surface area (Å²) in [7, 11) is 0. The molecular weight excluding hydrogens is 306 g/mol. The van der Waals surface area contributed by atoms with Gasteiger partial charge in [0.1, 0.15) is 12.2 Å². The van der Waals surface area contributed by atoms with Crippen molar-refractivity contribution in [3.05, 3.63) is 12.2 Å². The number of amides is 2. The van der Waals surface area contributed by atoms with Crippen LogP contribution in [0.3, 0.4) is 0 Å². The van der Waals surface area contributed by atoms with E-state index in [0.29, 0.717) is 24.9 Å². The van der Waals surface area contributed by atoms with E-state index in [2.05, 4.69) is 21.7 Å². The van der Waals surface area contributed by atoms with Gasteiger partial charge in [-0.2, -0.15) is 0 Å². The second kappa shape index (κ2) is 6.18.